The SMILES string of the molecule is Cc1cc(OCC(=O)N/N=C/c2ccc(-c3cc(Cl)ccc3Cl)o2)ccc1Cl. The van der Waals surface area contributed by atoms with Crippen LogP contribution in [0.2, 0.25) is 15.1 Å². The van der Waals surface area contributed by atoms with Crippen LogP contribution in [0.15, 0.2) is 58.0 Å². The number of furan rings is 1. The molecule has 0 saturated heterocycles. The minimum atomic E-state index is -0.409. The molecular weight excluding hydrogens is 423 g/mol. The zero-order valence-corrected chi connectivity index (χ0v) is 17.0. The van der Waals surface area contributed by atoms with Gasteiger partial charge in [0.25, 0.3) is 5.91 Å². The Morgan fingerprint density at radius 2 is 1.89 bits per heavy atom. The van der Waals surface area contributed by atoms with Crippen LogP contribution in [0.25, 0.3) is 11.3 Å². The number of hydrogen-bond donors (Lipinski definition) is 1. The number of hydrazone groups is 1. The number of rotatable bonds is 6. The van der Waals surface area contributed by atoms with E-state index < -0.39 is 5.91 Å². The molecule has 0 bridgehead atoms. The van der Waals surface area contributed by atoms with Crippen LogP contribution in [0.5, 0.6) is 5.75 Å². The van der Waals surface area contributed by atoms with E-state index in [-0.39, 0.29) is 6.61 Å². The molecule has 0 radical (unpaired) electrons. The van der Waals surface area contributed by atoms with Crippen molar-refractivity contribution in [1.82, 2.24) is 5.43 Å². The summed E-state index contributed by atoms with van der Waals surface area (Å²) in [6, 6.07) is 13.7. The summed E-state index contributed by atoms with van der Waals surface area (Å²) in [6.07, 6.45) is 1.38. The van der Waals surface area contributed by atoms with Crippen LogP contribution in [0, 0.1) is 6.92 Å². The summed E-state index contributed by atoms with van der Waals surface area (Å²) in [5, 5.41) is 5.56. The highest BCUT2D eigenvalue weighted by molar-refractivity contribution is 6.35. The summed E-state index contributed by atoms with van der Waals surface area (Å²) in [4.78, 5) is 11.8. The van der Waals surface area contributed by atoms with Crippen LogP contribution >= 0.6 is 34.8 Å². The first-order valence-electron chi connectivity index (χ1n) is 8.18. The third kappa shape index (κ3) is 5.29. The maximum atomic E-state index is 11.8. The first-order valence-corrected chi connectivity index (χ1v) is 9.32. The average molecular weight is 438 g/mol. The maximum Gasteiger partial charge on any atom is 0.277 e. The van der Waals surface area contributed by atoms with Gasteiger partial charge in [0.15, 0.2) is 6.61 Å². The maximum absolute atomic E-state index is 11.8. The molecule has 1 amide bonds. The first-order chi connectivity index (χ1) is 13.4. The van der Waals surface area contributed by atoms with E-state index in [1.54, 1.807) is 48.5 Å². The van der Waals surface area contributed by atoms with Crippen molar-refractivity contribution in [2.75, 3.05) is 6.61 Å². The third-order valence-electron chi connectivity index (χ3n) is 3.70. The van der Waals surface area contributed by atoms with E-state index >= 15 is 0 Å². The summed E-state index contributed by atoms with van der Waals surface area (Å²) in [5.74, 6) is 1.13. The van der Waals surface area contributed by atoms with Crippen molar-refractivity contribution in [3.63, 3.8) is 0 Å². The number of halogens is 3. The summed E-state index contributed by atoms with van der Waals surface area (Å²) in [5.41, 5.74) is 3.91. The summed E-state index contributed by atoms with van der Waals surface area (Å²) in [6.45, 7) is 1.67. The second kappa shape index (κ2) is 9.15. The molecular formula is C20H15Cl3N2O3. The van der Waals surface area contributed by atoms with Crippen LogP contribution < -0.4 is 10.2 Å². The minimum Gasteiger partial charge on any atom is -0.484 e. The molecule has 0 aliphatic carbocycles. The van der Waals surface area contributed by atoms with Gasteiger partial charge < -0.3 is 9.15 Å². The first kappa shape index (κ1) is 20.3. The molecule has 1 aromatic heterocycles. The molecule has 8 heteroatoms. The molecule has 0 atom stereocenters. The molecule has 1 N–H and O–H groups in total. The number of carbonyl (C=O) groups is 1. The Hall–Kier alpha value is -2.47. The molecule has 5 nitrogen and oxygen atoms in total. The van der Waals surface area contributed by atoms with Gasteiger partial charge in [0.05, 0.1) is 11.2 Å². The lowest BCUT2D eigenvalue weighted by molar-refractivity contribution is -0.123. The minimum absolute atomic E-state index is 0.181. The number of aryl methyl sites for hydroxylation is 1. The van der Waals surface area contributed by atoms with Crippen LogP contribution in [-0.4, -0.2) is 18.7 Å². The van der Waals surface area contributed by atoms with E-state index in [9.17, 15) is 4.79 Å². The van der Waals surface area contributed by atoms with Crippen LogP contribution in [0.4, 0.5) is 0 Å². The van der Waals surface area contributed by atoms with Gasteiger partial charge in [-0.25, -0.2) is 5.43 Å². The Labute approximate surface area is 176 Å². The van der Waals surface area contributed by atoms with Gasteiger partial charge in [-0.15, -0.1) is 0 Å². The highest BCUT2D eigenvalue weighted by Gasteiger charge is 2.09. The molecule has 1 heterocycles. The summed E-state index contributed by atoms with van der Waals surface area (Å²) in [7, 11) is 0. The molecule has 0 unspecified atom stereocenters. The van der Waals surface area contributed by atoms with E-state index in [0.717, 1.165) is 5.56 Å². The zero-order valence-electron chi connectivity index (χ0n) is 14.7. The van der Waals surface area contributed by atoms with Gasteiger partial charge >= 0.3 is 0 Å². The molecule has 28 heavy (non-hydrogen) atoms. The van der Waals surface area contributed by atoms with Crippen molar-refractivity contribution in [2.45, 2.75) is 6.92 Å². The fourth-order valence-electron chi connectivity index (χ4n) is 2.31. The van der Waals surface area contributed by atoms with Crippen LogP contribution in [0.1, 0.15) is 11.3 Å². The number of amides is 1. The van der Waals surface area contributed by atoms with E-state index in [1.807, 2.05) is 6.92 Å². The lowest BCUT2D eigenvalue weighted by Gasteiger charge is -2.06. The molecule has 0 aliphatic rings. The Kier molecular flexibility index (Phi) is 6.62. The zero-order chi connectivity index (χ0) is 20.1. The highest BCUT2D eigenvalue weighted by atomic mass is 35.5. The molecule has 144 valence electrons. The van der Waals surface area contributed by atoms with Gasteiger partial charge in [0, 0.05) is 15.6 Å². The Morgan fingerprint density at radius 1 is 1.11 bits per heavy atom. The largest absolute Gasteiger partial charge is 0.484 e. The smallest absolute Gasteiger partial charge is 0.277 e. The number of ether oxygens (including phenoxy) is 1. The number of carbonyl (C=O) groups excluding carboxylic acids is 1. The molecule has 3 aromatic rings. The second-order valence-corrected chi connectivity index (χ2v) is 7.07. The predicted octanol–water partition coefficient (Wildman–Crippen LogP) is 5.74. The monoisotopic (exact) mass is 436 g/mol. The van der Waals surface area contributed by atoms with E-state index in [1.165, 1.54) is 6.21 Å². The molecule has 3 rings (SSSR count). The second-order valence-electron chi connectivity index (χ2n) is 5.82. The summed E-state index contributed by atoms with van der Waals surface area (Å²) >= 11 is 18.1. The van der Waals surface area contributed by atoms with Gasteiger partial charge in [0.1, 0.15) is 17.3 Å². The Balaban J connectivity index is 1.54. The lowest BCUT2D eigenvalue weighted by atomic mass is 10.2. The molecule has 0 spiro atoms. The molecule has 0 fully saturated rings. The highest BCUT2D eigenvalue weighted by Crippen LogP contribution is 2.31. The van der Waals surface area contributed by atoms with E-state index in [4.69, 9.17) is 44.0 Å². The fourth-order valence-corrected chi connectivity index (χ4v) is 2.81. The van der Waals surface area contributed by atoms with E-state index in [0.29, 0.717) is 37.9 Å². The van der Waals surface area contributed by atoms with Crippen molar-refractivity contribution in [2.24, 2.45) is 5.10 Å². The molecule has 0 aliphatic heterocycles. The van der Waals surface area contributed by atoms with Gasteiger partial charge in [-0.2, -0.15) is 5.10 Å². The Morgan fingerprint density at radius 3 is 2.68 bits per heavy atom. The van der Waals surface area contributed by atoms with Gasteiger partial charge in [-0.05, 0) is 61.0 Å². The number of nitrogens with one attached hydrogen (secondary N) is 1. The number of nitrogens with zero attached hydrogens (tertiary/aromatic N) is 1. The predicted molar refractivity (Wildman–Crippen MR) is 112 cm³/mol. The number of hydrogen-bond acceptors (Lipinski definition) is 4. The van der Waals surface area contributed by atoms with Crippen molar-refractivity contribution >= 4 is 46.9 Å². The van der Waals surface area contributed by atoms with Crippen LogP contribution in [0.3, 0.4) is 0 Å². The molecule has 0 saturated carbocycles. The van der Waals surface area contributed by atoms with Crippen molar-refractivity contribution < 1.29 is 13.9 Å². The quantitative estimate of drug-likeness (QED) is 0.395. The fraction of sp³-hybridized carbons (Fsp3) is 0.100. The topological polar surface area (TPSA) is 63.8 Å². The Bertz CT molecular complexity index is 1030. The van der Waals surface area contributed by atoms with Gasteiger partial charge in [0.2, 0.25) is 0 Å². The van der Waals surface area contributed by atoms with Crippen molar-refractivity contribution in [3.05, 3.63) is 74.9 Å². The normalized spacial score (nSPS) is 11.0. The lowest BCUT2D eigenvalue weighted by Crippen LogP contribution is -2.24. The average Bonchev–Trinajstić information content (AvgIpc) is 3.13. The summed E-state index contributed by atoms with van der Waals surface area (Å²) < 4.78 is 11.1. The van der Waals surface area contributed by atoms with E-state index in [2.05, 4.69) is 10.5 Å². The third-order valence-corrected chi connectivity index (χ3v) is 4.69. The number of benzene rings is 2. The van der Waals surface area contributed by atoms with Gasteiger partial charge in [-0.1, -0.05) is 34.8 Å². The standard InChI is InChI=1S/C20H15Cl3N2O3/c1-12-8-14(3-6-17(12)22)27-11-20(26)25-24-10-15-4-7-19(28-15)16-9-13(21)2-5-18(16)23/h2-10H,11H2,1H3,(H,25,26)/b24-10+. The van der Waals surface area contributed by atoms with Gasteiger partial charge in [-0.3, -0.25) is 4.79 Å². The van der Waals surface area contributed by atoms with Crippen molar-refractivity contribution in [3.8, 4) is 17.1 Å². The van der Waals surface area contributed by atoms with Crippen molar-refractivity contribution in [1.29, 1.82) is 0 Å². The molecule has 2 aromatic carbocycles. The van der Waals surface area contributed by atoms with Crippen LogP contribution in [-0.2, 0) is 4.79 Å².